The molecule has 3 aromatic rings. The predicted octanol–water partition coefficient (Wildman–Crippen LogP) is 3.96. The molecule has 2 N–H and O–H groups in total. The minimum absolute atomic E-state index is 0.0896. The second-order valence-corrected chi connectivity index (χ2v) is 8.16. The van der Waals surface area contributed by atoms with Crippen molar-refractivity contribution in [2.24, 2.45) is 0 Å². The number of nitrogens with zero attached hydrogens (tertiary/aromatic N) is 4. The number of likely N-dealkylation sites (N-methyl/N-ethyl adjacent to an activating group) is 1. The average Bonchev–Trinajstić information content (AvgIpc) is 2.79. The standard InChI is InChI=1S/C23H25FN6O4/c1-12-9-13(10-16(32-5)18(12)33-6)26-22-25-11-14(24)19(29-22)27-17-8-7-15-20(28-17)30(4)21(31)23(2,3)34-15/h7-11H,1-6H3,(H2,25,26,27,28,29). The number of anilines is 5. The first-order chi connectivity index (χ1) is 16.1. The van der Waals surface area contributed by atoms with Crippen molar-refractivity contribution in [3.63, 3.8) is 0 Å². The summed E-state index contributed by atoms with van der Waals surface area (Å²) in [5, 5.41) is 5.88. The molecule has 1 amide bonds. The van der Waals surface area contributed by atoms with Gasteiger partial charge in [-0.05, 0) is 44.5 Å². The summed E-state index contributed by atoms with van der Waals surface area (Å²) in [6.07, 6.45) is 1.05. The van der Waals surface area contributed by atoms with Crippen molar-refractivity contribution in [3.8, 4) is 17.2 Å². The Labute approximate surface area is 196 Å². The summed E-state index contributed by atoms with van der Waals surface area (Å²) in [7, 11) is 4.72. The molecule has 0 atom stereocenters. The first kappa shape index (κ1) is 23.0. The van der Waals surface area contributed by atoms with Gasteiger partial charge in [0.1, 0.15) is 5.82 Å². The highest BCUT2D eigenvalue weighted by Gasteiger charge is 2.40. The van der Waals surface area contributed by atoms with E-state index in [2.05, 4.69) is 25.6 Å². The second kappa shape index (κ2) is 8.65. The topological polar surface area (TPSA) is 111 Å². The normalized spacial score (nSPS) is 14.2. The number of ether oxygens (including phenoxy) is 3. The quantitative estimate of drug-likeness (QED) is 0.555. The Morgan fingerprint density at radius 3 is 2.59 bits per heavy atom. The number of nitrogens with one attached hydrogen (secondary N) is 2. The summed E-state index contributed by atoms with van der Waals surface area (Å²) in [6.45, 7) is 5.25. The Balaban J connectivity index is 1.60. The van der Waals surface area contributed by atoms with Gasteiger partial charge in [-0.2, -0.15) is 4.98 Å². The van der Waals surface area contributed by atoms with Gasteiger partial charge in [0.2, 0.25) is 5.95 Å². The van der Waals surface area contributed by atoms with Gasteiger partial charge in [0.25, 0.3) is 5.91 Å². The lowest BCUT2D eigenvalue weighted by Gasteiger charge is -2.36. The molecule has 0 fully saturated rings. The van der Waals surface area contributed by atoms with Gasteiger partial charge in [0.05, 0.1) is 20.4 Å². The van der Waals surface area contributed by atoms with Crippen LogP contribution in [0, 0.1) is 12.7 Å². The maximum Gasteiger partial charge on any atom is 0.271 e. The number of amides is 1. The molecule has 0 bridgehead atoms. The lowest BCUT2D eigenvalue weighted by atomic mass is 10.1. The molecule has 0 unspecified atom stereocenters. The van der Waals surface area contributed by atoms with Crippen LogP contribution in [0.15, 0.2) is 30.5 Å². The first-order valence-corrected chi connectivity index (χ1v) is 10.4. The predicted molar refractivity (Wildman–Crippen MR) is 125 cm³/mol. The van der Waals surface area contributed by atoms with Crippen LogP contribution in [0.4, 0.5) is 33.5 Å². The highest BCUT2D eigenvalue weighted by molar-refractivity contribution is 6.01. The largest absolute Gasteiger partial charge is 0.493 e. The van der Waals surface area contributed by atoms with E-state index in [-0.39, 0.29) is 23.5 Å². The van der Waals surface area contributed by atoms with Crippen molar-refractivity contribution in [1.82, 2.24) is 15.0 Å². The van der Waals surface area contributed by atoms with Gasteiger partial charge in [-0.1, -0.05) is 0 Å². The third kappa shape index (κ3) is 4.24. The molecule has 11 heteroatoms. The van der Waals surface area contributed by atoms with Crippen LogP contribution in [0.3, 0.4) is 0 Å². The fourth-order valence-electron chi connectivity index (χ4n) is 3.64. The van der Waals surface area contributed by atoms with Crippen molar-refractivity contribution in [2.75, 3.05) is 36.8 Å². The maximum atomic E-state index is 14.5. The first-order valence-electron chi connectivity index (χ1n) is 10.4. The Kier molecular flexibility index (Phi) is 5.86. The van der Waals surface area contributed by atoms with Crippen LogP contribution >= 0.6 is 0 Å². The molecule has 2 aromatic heterocycles. The van der Waals surface area contributed by atoms with Crippen LogP contribution in [0.2, 0.25) is 0 Å². The number of pyridine rings is 1. The van der Waals surface area contributed by atoms with E-state index in [1.807, 2.05) is 13.0 Å². The number of carbonyl (C=O) groups excluding carboxylic acids is 1. The molecule has 10 nitrogen and oxygen atoms in total. The molecule has 4 rings (SSSR count). The number of hydrogen-bond acceptors (Lipinski definition) is 9. The third-order valence-corrected chi connectivity index (χ3v) is 5.25. The monoisotopic (exact) mass is 468 g/mol. The van der Waals surface area contributed by atoms with E-state index in [9.17, 15) is 9.18 Å². The van der Waals surface area contributed by atoms with Crippen molar-refractivity contribution < 1.29 is 23.4 Å². The fourth-order valence-corrected chi connectivity index (χ4v) is 3.64. The minimum Gasteiger partial charge on any atom is -0.493 e. The third-order valence-electron chi connectivity index (χ3n) is 5.25. The summed E-state index contributed by atoms with van der Waals surface area (Å²) in [5.41, 5.74) is 0.479. The molecule has 1 aromatic carbocycles. The van der Waals surface area contributed by atoms with Crippen LogP contribution in [-0.4, -0.2) is 47.7 Å². The van der Waals surface area contributed by atoms with Gasteiger partial charge in [0.15, 0.2) is 40.3 Å². The Bertz CT molecular complexity index is 1270. The Morgan fingerprint density at radius 1 is 1.12 bits per heavy atom. The van der Waals surface area contributed by atoms with E-state index in [0.29, 0.717) is 28.8 Å². The van der Waals surface area contributed by atoms with Gasteiger partial charge in [0, 0.05) is 18.8 Å². The molecule has 0 spiro atoms. The van der Waals surface area contributed by atoms with Crippen molar-refractivity contribution in [1.29, 1.82) is 0 Å². The zero-order valence-electron chi connectivity index (χ0n) is 19.7. The van der Waals surface area contributed by atoms with Crippen LogP contribution in [0.5, 0.6) is 17.2 Å². The second-order valence-electron chi connectivity index (χ2n) is 8.16. The van der Waals surface area contributed by atoms with E-state index >= 15 is 0 Å². The molecule has 0 saturated heterocycles. The molecule has 3 heterocycles. The average molecular weight is 468 g/mol. The number of rotatable bonds is 6. The van der Waals surface area contributed by atoms with Crippen LogP contribution in [-0.2, 0) is 4.79 Å². The zero-order valence-corrected chi connectivity index (χ0v) is 19.7. The number of fused-ring (bicyclic) bond motifs is 1. The van der Waals surface area contributed by atoms with E-state index < -0.39 is 11.4 Å². The summed E-state index contributed by atoms with van der Waals surface area (Å²) >= 11 is 0. The van der Waals surface area contributed by atoms with Crippen LogP contribution in [0.25, 0.3) is 0 Å². The number of hydrogen-bond donors (Lipinski definition) is 2. The van der Waals surface area contributed by atoms with Crippen LogP contribution < -0.4 is 29.7 Å². The molecule has 1 aliphatic heterocycles. The lowest BCUT2D eigenvalue weighted by Crippen LogP contribution is -2.51. The van der Waals surface area contributed by atoms with Crippen molar-refractivity contribution >= 4 is 35.0 Å². The minimum atomic E-state index is -1.000. The van der Waals surface area contributed by atoms with E-state index in [1.165, 1.54) is 4.90 Å². The van der Waals surface area contributed by atoms with Gasteiger partial charge in [-0.25, -0.2) is 14.4 Å². The fraction of sp³-hybridized carbons (Fsp3) is 0.304. The summed E-state index contributed by atoms with van der Waals surface area (Å²) in [6, 6.07) is 6.84. The number of halogens is 1. The number of aryl methyl sites for hydroxylation is 1. The molecule has 0 radical (unpaired) electrons. The number of benzene rings is 1. The van der Waals surface area contributed by atoms with E-state index in [0.717, 1.165) is 11.8 Å². The molecular weight excluding hydrogens is 443 g/mol. The SMILES string of the molecule is COc1cc(Nc2ncc(F)c(Nc3ccc4c(n3)N(C)C(=O)C(C)(C)O4)n2)cc(C)c1OC. The highest BCUT2D eigenvalue weighted by Crippen LogP contribution is 2.37. The van der Waals surface area contributed by atoms with Gasteiger partial charge >= 0.3 is 0 Å². The van der Waals surface area contributed by atoms with Gasteiger partial charge < -0.3 is 24.8 Å². The molecule has 0 aliphatic carbocycles. The maximum absolute atomic E-state index is 14.5. The zero-order chi connectivity index (χ0) is 24.6. The molecule has 0 saturated carbocycles. The lowest BCUT2D eigenvalue weighted by molar-refractivity contribution is -0.132. The van der Waals surface area contributed by atoms with Gasteiger partial charge in [-0.15, -0.1) is 0 Å². The number of methoxy groups -OCH3 is 2. The van der Waals surface area contributed by atoms with E-state index in [4.69, 9.17) is 14.2 Å². The molecule has 34 heavy (non-hydrogen) atoms. The summed E-state index contributed by atoms with van der Waals surface area (Å²) in [5.74, 6) is 1.36. The number of aromatic nitrogens is 3. The molecule has 1 aliphatic rings. The molecular formula is C23H25FN6O4. The summed E-state index contributed by atoms with van der Waals surface area (Å²) < 4.78 is 31.0. The van der Waals surface area contributed by atoms with Crippen molar-refractivity contribution in [2.45, 2.75) is 26.4 Å². The Morgan fingerprint density at radius 2 is 1.88 bits per heavy atom. The summed E-state index contributed by atoms with van der Waals surface area (Å²) in [4.78, 5) is 26.5. The van der Waals surface area contributed by atoms with Crippen LogP contribution in [0.1, 0.15) is 19.4 Å². The number of carbonyl (C=O) groups is 1. The van der Waals surface area contributed by atoms with Gasteiger partial charge in [-0.3, -0.25) is 9.69 Å². The molecule has 178 valence electrons. The Hall–Kier alpha value is -4.15. The van der Waals surface area contributed by atoms with Crippen molar-refractivity contribution in [3.05, 3.63) is 41.8 Å². The smallest absolute Gasteiger partial charge is 0.271 e. The van der Waals surface area contributed by atoms with E-state index in [1.54, 1.807) is 53.3 Å². The highest BCUT2D eigenvalue weighted by atomic mass is 19.1.